The molecule has 0 unspecified atom stereocenters. The summed E-state index contributed by atoms with van der Waals surface area (Å²) in [6.07, 6.45) is 5.81. The molecule has 0 atom stereocenters. The zero-order chi connectivity index (χ0) is 15.2. The molecule has 1 aromatic heterocycles. The van der Waals surface area contributed by atoms with E-state index in [1.807, 2.05) is 0 Å². The molecule has 0 bridgehead atoms. The number of hydrogen-bond acceptors (Lipinski definition) is 4. The molecule has 1 aliphatic rings. The number of nitrogens with zero attached hydrogens (tertiary/aromatic N) is 2. The van der Waals surface area contributed by atoms with Crippen LogP contribution in [0.3, 0.4) is 0 Å². The number of halogens is 1. The van der Waals surface area contributed by atoms with E-state index < -0.39 is 0 Å². The molecule has 21 heavy (non-hydrogen) atoms. The molecule has 0 radical (unpaired) electrons. The highest BCUT2D eigenvalue weighted by Gasteiger charge is 2.22. The molecule has 1 amide bonds. The second kappa shape index (κ2) is 7.45. The van der Waals surface area contributed by atoms with Crippen molar-refractivity contribution in [3.8, 4) is 0 Å². The first-order valence-corrected chi connectivity index (χ1v) is 7.55. The molecule has 1 N–H and O–H groups in total. The Kier molecular flexibility index (Phi) is 5.61. The van der Waals surface area contributed by atoms with Crippen LogP contribution in [0.1, 0.15) is 37.9 Å². The van der Waals surface area contributed by atoms with Gasteiger partial charge < -0.3 is 14.6 Å². The van der Waals surface area contributed by atoms with Crippen LogP contribution in [0.15, 0.2) is 6.20 Å². The summed E-state index contributed by atoms with van der Waals surface area (Å²) in [6, 6.07) is 0. The molecule has 116 valence electrons. The number of esters is 1. The lowest BCUT2D eigenvalue weighted by molar-refractivity contribution is -0.145. The largest absolute Gasteiger partial charge is 0.457 e. The molecular weight excluding hydrogens is 294 g/mol. The Morgan fingerprint density at radius 3 is 2.81 bits per heavy atom. The number of carbonyl (C=O) groups excluding carboxylic acids is 2. The SMILES string of the molecule is Cn1c(Cl)cnc1COC(=O)CCNC(=O)C1CCCC1. The molecule has 1 heterocycles. The van der Waals surface area contributed by atoms with E-state index in [1.54, 1.807) is 11.6 Å². The Morgan fingerprint density at radius 1 is 1.48 bits per heavy atom. The van der Waals surface area contributed by atoms with Crippen LogP contribution in [0, 0.1) is 5.92 Å². The highest BCUT2D eigenvalue weighted by Crippen LogP contribution is 2.24. The molecule has 6 nitrogen and oxygen atoms in total. The van der Waals surface area contributed by atoms with Crippen LogP contribution in [0.2, 0.25) is 5.15 Å². The van der Waals surface area contributed by atoms with Crippen LogP contribution in [-0.2, 0) is 28.0 Å². The molecule has 7 heteroatoms. The first-order valence-electron chi connectivity index (χ1n) is 7.17. The van der Waals surface area contributed by atoms with Crippen LogP contribution in [0.25, 0.3) is 0 Å². The van der Waals surface area contributed by atoms with E-state index in [9.17, 15) is 9.59 Å². The van der Waals surface area contributed by atoms with Crippen molar-refractivity contribution in [2.45, 2.75) is 38.7 Å². The van der Waals surface area contributed by atoms with Crippen LogP contribution in [0.5, 0.6) is 0 Å². The lowest BCUT2D eigenvalue weighted by Crippen LogP contribution is -2.31. The molecule has 0 spiro atoms. The summed E-state index contributed by atoms with van der Waals surface area (Å²) in [6.45, 7) is 0.397. The molecule has 1 aromatic rings. The zero-order valence-corrected chi connectivity index (χ0v) is 12.9. The fourth-order valence-electron chi connectivity index (χ4n) is 2.40. The van der Waals surface area contributed by atoms with Gasteiger partial charge in [-0.1, -0.05) is 24.4 Å². The predicted octanol–water partition coefficient (Wildman–Crippen LogP) is 1.81. The van der Waals surface area contributed by atoms with Crippen LogP contribution >= 0.6 is 11.6 Å². The van der Waals surface area contributed by atoms with Gasteiger partial charge in [-0.15, -0.1) is 0 Å². The predicted molar refractivity (Wildman–Crippen MR) is 77.6 cm³/mol. The van der Waals surface area contributed by atoms with Crippen molar-refractivity contribution in [1.29, 1.82) is 0 Å². The summed E-state index contributed by atoms with van der Waals surface area (Å²) in [5.41, 5.74) is 0. The number of carbonyl (C=O) groups is 2. The Morgan fingerprint density at radius 2 is 2.19 bits per heavy atom. The highest BCUT2D eigenvalue weighted by atomic mass is 35.5. The summed E-state index contributed by atoms with van der Waals surface area (Å²) in [5.74, 6) is 0.399. The van der Waals surface area contributed by atoms with Gasteiger partial charge in [0.15, 0.2) is 0 Å². The second-order valence-corrected chi connectivity index (χ2v) is 5.63. The first kappa shape index (κ1) is 15.8. The standard InChI is InChI=1S/C14H20ClN3O3/c1-18-11(15)8-17-12(18)9-21-13(19)6-7-16-14(20)10-4-2-3-5-10/h8,10H,2-7,9H2,1H3,(H,16,20). The fraction of sp³-hybridized carbons (Fsp3) is 0.643. The van der Waals surface area contributed by atoms with Gasteiger partial charge in [0.25, 0.3) is 0 Å². The minimum absolute atomic E-state index is 0.0520. The molecular formula is C14H20ClN3O3. The maximum atomic E-state index is 11.8. The van der Waals surface area contributed by atoms with Gasteiger partial charge in [0.1, 0.15) is 17.6 Å². The Hall–Kier alpha value is -1.56. The maximum absolute atomic E-state index is 11.8. The Labute approximate surface area is 128 Å². The van der Waals surface area contributed by atoms with E-state index in [0.717, 1.165) is 25.7 Å². The minimum atomic E-state index is -0.360. The number of imidazole rings is 1. The lowest BCUT2D eigenvalue weighted by Gasteiger charge is -2.10. The van der Waals surface area contributed by atoms with Gasteiger partial charge in [0, 0.05) is 19.5 Å². The van der Waals surface area contributed by atoms with E-state index in [4.69, 9.17) is 16.3 Å². The van der Waals surface area contributed by atoms with E-state index in [2.05, 4.69) is 10.3 Å². The average Bonchev–Trinajstić information content (AvgIpc) is 3.09. The molecule has 1 fully saturated rings. The van der Waals surface area contributed by atoms with Crippen LogP contribution in [0.4, 0.5) is 0 Å². The van der Waals surface area contributed by atoms with Gasteiger partial charge in [-0.05, 0) is 12.8 Å². The average molecular weight is 314 g/mol. The number of nitrogens with one attached hydrogen (secondary N) is 1. The summed E-state index contributed by atoms with van der Waals surface area (Å²) in [5, 5.41) is 3.28. The third-order valence-electron chi connectivity index (χ3n) is 3.74. The van der Waals surface area contributed by atoms with Crippen molar-refractivity contribution in [3.63, 3.8) is 0 Å². The van der Waals surface area contributed by atoms with E-state index in [0.29, 0.717) is 17.5 Å². The number of rotatable bonds is 6. The van der Waals surface area contributed by atoms with Crippen molar-refractivity contribution in [3.05, 3.63) is 17.2 Å². The Bertz CT molecular complexity index is 510. The number of ether oxygens (including phenoxy) is 1. The monoisotopic (exact) mass is 313 g/mol. The summed E-state index contributed by atoms with van der Waals surface area (Å²) in [4.78, 5) is 27.4. The topological polar surface area (TPSA) is 73.2 Å². The molecule has 0 aliphatic heterocycles. The van der Waals surface area contributed by atoms with Gasteiger partial charge >= 0.3 is 5.97 Å². The number of aromatic nitrogens is 2. The second-order valence-electron chi connectivity index (χ2n) is 5.24. The van der Waals surface area contributed by atoms with Gasteiger partial charge in [0.05, 0.1) is 12.6 Å². The normalized spacial score (nSPS) is 15.1. The quantitative estimate of drug-likeness (QED) is 0.813. The number of amides is 1. The molecule has 0 saturated heterocycles. The fourth-order valence-corrected chi connectivity index (χ4v) is 2.54. The van der Waals surface area contributed by atoms with Crippen molar-refractivity contribution < 1.29 is 14.3 Å². The van der Waals surface area contributed by atoms with Gasteiger partial charge in [-0.2, -0.15) is 0 Å². The van der Waals surface area contributed by atoms with Crippen LogP contribution < -0.4 is 5.32 Å². The lowest BCUT2D eigenvalue weighted by atomic mass is 10.1. The smallest absolute Gasteiger partial charge is 0.308 e. The van der Waals surface area contributed by atoms with Gasteiger partial charge in [-0.3, -0.25) is 9.59 Å². The van der Waals surface area contributed by atoms with E-state index in [-0.39, 0.29) is 30.8 Å². The van der Waals surface area contributed by atoms with Crippen LogP contribution in [-0.4, -0.2) is 28.0 Å². The third-order valence-corrected chi connectivity index (χ3v) is 4.10. The van der Waals surface area contributed by atoms with Gasteiger partial charge in [0.2, 0.25) is 5.91 Å². The third kappa shape index (κ3) is 4.46. The molecule has 2 rings (SSSR count). The first-order chi connectivity index (χ1) is 10.1. The van der Waals surface area contributed by atoms with Crippen molar-refractivity contribution in [1.82, 2.24) is 14.9 Å². The molecule has 0 aromatic carbocycles. The van der Waals surface area contributed by atoms with E-state index >= 15 is 0 Å². The summed E-state index contributed by atoms with van der Waals surface area (Å²) in [7, 11) is 1.75. The van der Waals surface area contributed by atoms with E-state index in [1.165, 1.54) is 6.20 Å². The van der Waals surface area contributed by atoms with Gasteiger partial charge in [-0.25, -0.2) is 4.98 Å². The zero-order valence-electron chi connectivity index (χ0n) is 12.1. The maximum Gasteiger partial charge on any atom is 0.308 e. The molecule has 1 aliphatic carbocycles. The van der Waals surface area contributed by atoms with Crippen molar-refractivity contribution >= 4 is 23.5 Å². The molecule has 1 saturated carbocycles. The summed E-state index contributed by atoms with van der Waals surface area (Å²) >= 11 is 5.84. The minimum Gasteiger partial charge on any atom is -0.457 e. The van der Waals surface area contributed by atoms with Crippen molar-refractivity contribution in [2.24, 2.45) is 13.0 Å². The Balaban J connectivity index is 1.63. The highest BCUT2D eigenvalue weighted by molar-refractivity contribution is 6.29. The summed E-state index contributed by atoms with van der Waals surface area (Å²) < 4.78 is 6.75. The number of hydrogen-bond donors (Lipinski definition) is 1. The van der Waals surface area contributed by atoms with Crippen molar-refractivity contribution in [2.75, 3.05) is 6.54 Å².